The summed E-state index contributed by atoms with van der Waals surface area (Å²) < 4.78 is 16.5. The number of benzene rings is 1. The van der Waals surface area contributed by atoms with Gasteiger partial charge in [0.1, 0.15) is 5.60 Å². The van der Waals surface area contributed by atoms with Crippen molar-refractivity contribution < 1.29 is 28.9 Å². The van der Waals surface area contributed by atoms with Gasteiger partial charge < -0.3 is 19.3 Å². The van der Waals surface area contributed by atoms with Gasteiger partial charge in [0, 0.05) is 12.0 Å². The predicted molar refractivity (Wildman–Crippen MR) is 99.5 cm³/mol. The van der Waals surface area contributed by atoms with Crippen molar-refractivity contribution in [3.8, 4) is 11.5 Å². The van der Waals surface area contributed by atoms with Gasteiger partial charge in [-0.3, -0.25) is 4.79 Å². The molecular weight excluding hydrogens is 360 g/mol. The van der Waals surface area contributed by atoms with Gasteiger partial charge in [-0.05, 0) is 74.0 Å². The largest absolute Gasteiger partial charge is 0.493 e. The van der Waals surface area contributed by atoms with E-state index in [1.54, 1.807) is 6.07 Å². The van der Waals surface area contributed by atoms with E-state index in [1.807, 2.05) is 0 Å². The molecule has 1 aromatic carbocycles. The van der Waals surface area contributed by atoms with E-state index in [2.05, 4.69) is 0 Å². The Balaban J connectivity index is 1.41. The van der Waals surface area contributed by atoms with Gasteiger partial charge in [-0.1, -0.05) is 0 Å². The maximum atomic E-state index is 13.1. The first-order valence-electron chi connectivity index (χ1n) is 10.1. The van der Waals surface area contributed by atoms with Crippen LogP contribution in [0.3, 0.4) is 0 Å². The number of rotatable bonds is 4. The Hall–Kier alpha value is -2.08. The summed E-state index contributed by atoms with van der Waals surface area (Å²) in [5, 5.41) is 11.1. The number of methoxy groups -OCH3 is 2. The van der Waals surface area contributed by atoms with Crippen LogP contribution in [0.2, 0.25) is 0 Å². The maximum Gasteiger partial charge on any atom is 0.347 e. The van der Waals surface area contributed by atoms with Gasteiger partial charge in [0.25, 0.3) is 0 Å². The lowest BCUT2D eigenvalue weighted by molar-refractivity contribution is -0.199. The molecule has 0 amide bonds. The monoisotopic (exact) mass is 386 g/mol. The zero-order valence-corrected chi connectivity index (χ0v) is 16.3. The average molecular weight is 386 g/mol. The molecular formula is C22H26O6. The summed E-state index contributed by atoms with van der Waals surface area (Å²) in [7, 11) is 2.99. The topological polar surface area (TPSA) is 82.1 Å². The van der Waals surface area contributed by atoms with Crippen molar-refractivity contribution in [2.45, 2.75) is 56.1 Å². The van der Waals surface area contributed by atoms with Gasteiger partial charge >= 0.3 is 5.97 Å². The SMILES string of the molecule is COc1cc2c(cc1OC)C(=O)C(O)(C(=O)OC13CC4CC(CC(C4)C1)C3)C2. The molecule has 28 heavy (non-hydrogen) atoms. The number of carbonyl (C=O) groups is 2. The molecule has 1 aromatic rings. The molecule has 4 fully saturated rings. The minimum Gasteiger partial charge on any atom is -0.493 e. The van der Waals surface area contributed by atoms with E-state index < -0.39 is 23.0 Å². The average Bonchev–Trinajstić information content (AvgIpc) is 2.90. The van der Waals surface area contributed by atoms with Crippen LogP contribution >= 0.6 is 0 Å². The van der Waals surface area contributed by atoms with Crippen molar-refractivity contribution in [2.75, 3.05) is 14.2 Å². The van der Waals surface area contributed by atoms with Gasteiger partial charge in [0.2, 0.25) is 11.4 Å². The van der Waals surface area contributed by atoms with Crippen molar-refractivity contribution >= 4 is 11.8 Å². The highest BCUT2D eigenvalue weighted by Gasteiger charge is 2.58. The molecule has 1 atom stereocenters. The Morgan fingerprint density at radius 2 is 1.54 bits per heavy atom. The molecule has 0 heterocycles. The molecule has 150 valence electrons. The summed E-state index contributed by atoms with van der Waals surface area (Å²) in [6.45, 7) is 0. The molecule has 1 N–H and O–H groups in total. The fourth-order valence-corrected chi connectivity index (χ4v) is 6.46. The van der Waals surface area contributed by atoms with Crippen LogP contribution in [0.1, 0.15) is 54.4 Å². The third kappa shape index (κ3) is 2.50. The molecule has 0 aromatic heterocycles. The number of esters is 1. The first kappa shape index (κ1) is 18.0. The number of ether oxygens (including phenoxy) is 3. The summed E-state index contributed by atoms with van der Waals surface area (Å²) in [5.74, 6) is 1.28. The van der Waals surface area contributed by atoms with E-state index in [0.717, 1.165) is 19.3 Å². The lowest BCUT2D eigenvalue weighted by atomic mass is 9.54. The van der Waals surface area contributed by atoms with Crippen LogP contribution in [0.4, 0.5) is 0 Å². The number of Topliss-reactive ketones (excluding diaryl/α,β-unsaturated/α-hetero) is 1. The van der Waals surface area contributed by atoms with E-state index in [1.165, 1.54) is 39.5 Å². The number of ketones is 1. The molecule has 0 aliphatic heterocycles. The minimum atomic E-state index is -2.16. The van der Waals surface area contributed by atoms with Gasteiger partial charge in [-0.15, -0.1) is 0 Å². The molecule has 4 saturated carbocycles. The Morgan fingerprint density at radius 3 is 2.07 bits per heavy atom. The van der Waals surface area contributed by atoms with Gasteiger partial charge in [0.15, 0.2) is 11.5 Å². The van der Waals surface area contributed by atoms with E-state index >= 15 is 0 Å². The number of fused-ring (bicyclic) bond motifs is 1. The van der Waals surface area contributed by atoms with Crippen LogP contribution < -0.4 is 9.47 Å². The standard InChI is InChI=1S/C22H26O6/c1-26-17-6-15-11-22(25,19(23)16(15)7-18(17)27-2)20(24)28-21-8-12-3-13(9-21)5-14(4-12)10-21/h6-7,12-14,25H,3-5,8-11H2,1-2H3. The second-order valence-electron chi connectivity index (χ2n) is 9.22. The fraction of sp³-hybridized carbons (Fsp3) is 0.636. The summed E-state index contributed by atoms with van der Waals surface area (Å²) in [6.07, 6.45) is 6.19. The molecule has 5 aliphatic rings. The van der Waals surface area contributed by atoms with E-state index in [0.29, 0.717) is 40.4 Å². The predicted octanol–water partition coefficient (Wildman–Crippen LogP) is 2.69. The number of carbonyl (C=O) groups excluding carboxylic acids is 2. The van der Waals surface area contributed by atoms with Crippen LogP contribution in [0.25, 0.3) is 0 Å². The first-order valence-corrected chi connectivity index (χ1v) is 10.1. The lowest BCUT2D eigenvalue weighted by Crippen LogP contribution is -2.56. The summed E-state index contributed by atoms with van der Waals surface area (Å²) in [6, 6.07) is 3.19. The molecule has 6 rings (SSSR count). The Labute approximate surface area is 164 Å². The number of aliphatic hydroxyl groups is 1. The van der Waals surface area contributed by atoms with Crippen molar-refractivity contribution in [1.29, 1.82) is 0 Å². The summed E-state index contributed by atoms with van der Waals surface area (Å²) >= 11 is 0. The summed E-state index contributed by atoms with van der Waals surface area (Å²) in [4.78, 5) is 26.1. The number of hydrogen-bond donors (Lipinski definition) is 1. The smallest absolute Gasteiger partial charge is 0.347 e. The Kier molecular flexibility index (Phi) is 3.83. The van der Waals surface area contributed by atoms with Crippen molar-refractivity contribution in [2.24, 2.45) is 17.8 Å². The zero-order chi connectivity index (χ0) is 19.7. The minimum absolute atomic E-state index is 0.0906. The second kappa shape index (κ2) is 5.96. The molecule has 0 saturated heterocycles. The van der Waals surface area contributed by atoms with Crippen molar-refractivity contribution in [1.82, 2.24) is 0 Å². The molecule has 0 spiro atoms. The highest BCUT2D eigenvalue weighted by atomic mass is 16.6. The molecule has 6 nitrogen and oxygen atoms in total. The highest BCUT2D eigenvalue weighted by molar-refractivity contribution is 6.19. The third-order valence-electron chi connectivity index (χ3n) is 7.30. The van der Waals surface area contributed by atoms with Crippen LogP contribution in [0.5, 0.6) is 11.5 Å². The summed E-state index contributed by atoms with van der Waals surface area (Å²) in [5.41, 5.74) is -1.79. The van der Waals surface area contributed by atoms with Crippen LogP contribution in [0, 0.1) is 17.8 Å². The number of hydrogen-bond acceptors (Lipinski definition) is 6. The maximum absolute atomic E-state index is 13.1. The van der Waals surface area contributed by atoms with E-state index in [4.69, 9.17) is 14.2 Å². The molecule has 5 aliphatic carbocycles. The van der Waals surface area contributed by atoms with Crippen LogP contribution in [-0.4, -0.2) is 42.3 Å². The first-order chi connectivity index (χ1) is 13.4. The highest BCUT2D eigenvalue weighted by Crippen LogP contribution is 2.57. The molecule has 1 unspecified atom stereocenters. The van der Waals surface area contributed by atoms with Gasteiger partial charge in [-0.25, -0.2) is 4.79 Å². The van der Waals surface area contributed by atoms with E-state index in [9.17, 15) is 14.7 Å². The van der Waals surface area contributed by atoms with Crippen molar-refractivity contribution in [3.63, 3.8) is 0 Å². The second-order valence-corrected chi connectivity index (χ2v) is 9.22. The third-order valence-corrected chi connectivity index (χ3v) is 7.30. The van der Waals surface area contributed by atoms with E-state index in [-0.39, 0.29) is 6.42 Å². The Morgan fingerprint density at radius 1 is 1.00 bits per heavy atom. The molecule has 0 radical (unpaired) electrons. The normalized spacial score (nSPS) is 37.7. The quantitative estimate of drug-likeness (QED) is 0.633. The zero-order valence-electron chi connectivity index (χ0n) is 16.3. The van der Waals surface area contributed by atoms with Crippen LogP contribution in [-0.2, 0) is 16.0 Å². The van der Waals surface area contributed by atoms with Gasteiger partial charge in [0.05, 0.1) is 14.2 Å². The molecule has 4 bridgehead atoms. The van der Waals surface area contributed by atoms with Crippen molar-refractivity contribution in [3.05, 3.63) is 23.3 Å². The lowest BCUT2D eigenvalue weighted by Gasteiger charge is -2.56. The fourth-order valence-electron chi connectivity index (χ4n) is 6.46. The van der Waals surface area contributed by atoms with Crippen LogP contribution in [0.15, 0.2) is 12.1 Å². The Bertz CT molecular complexity index is 824. The van der Waals surface area contributed by atoms with Gasteiger partial charge in [-0.2, -0.15) is 0 Å². The molecule has 6 heteroatoms.